The molecule has 0 saturated carbocycles. The number of nitrogens with one attached hydrogen (secondary N) is 1. The lowest BCUT2D eigenvalue weighted by molar-refractivity contribution is 0.210. The molecule has 0 aliphatic heterocycles. The SMILES string of the molecule is Nc1cc(NC(=O)O)ccn1. The third-order valence-corrected chi connectivity index (χ3v) is 1.03. The van der Waals surface area contributed by atoms with Gasteiger partial charge in [-0.3, -0.25) is 5.32 Å². The number of nitrogens with two attached hydrogens (primary N) is 1. The number of nitrogen functional groups attached to an aromatic ring is 1. The van der Waals surface area contributed by atoms with Gasteiger partial charge in [-0.25, -0.2) is 9.78 Å². The third kappa shape index (κ3) is 2.13. The molecule has 1 amide bonds. The monoisotopic (exact) mass is 153 g/mol. The maximum atomic E-state index is 10.1. The summed E-state index contributed by atoms with van der Waals surface area (Å²) < 4.78 is 0. The number of amides is 1. The van der Waals surface area contributed by atoms with E-state index >= 15 is 0 Å². The normalized spacial score (nSPS) is 9.09. The lowest BCUT2D eigenvalue weighted by atomic mass is 10.4. The summed E-state index contributed by atoms with van der Waals surface area (Å²) in [5, 5.41) is 10.4. The maximum absolute atomic E-state index is 10.1. The van der Waals surface area contributed by atoms with E-state index in [9.17, 15) is 4.79 Å². The van der Waals surface area contributed by atoms with Crippen LogP contribution in [-0.4, -0.2) is 16.2 Å². The lowest BCUT2D eigenvalue weighted by Gasteiger charge is -1.99. The zero-order valence-electron chi connectivity index (χ0n) is 5.61. The summed E-state index contributed by atoms with van der Waals surface area (Å²) in [4.78, 5) is 13.8. The molecule has 0 fully saturated rings. The molecule has 0 aliphatic carbocycles. The summed E-state index contributed by atoms with van der Waals surface area (Å²) in [6, 6.07) is 2.96. The second kappa shape index (κ2) is 2.87. The molecule has 11 heavy (non-hydrogen) atoms. The number of carboxylic acid groups (broad SMARTS) is 1. The highest BCUT2D eigenvalue weighted by Crippen LogP contribution is 2.07. The summed E-state index contributed by atoms with van der Waals surface area (Å²) in [6.45, 7) is 0. The molecule has 0 atom stereocenters. The zero-order chi connectivity index (χ0) is 8.27. The first-order valence-corrected chi connectivity index (χ1v) is 2.90. The molecule has 0 bridgehead atoms. The molecule has 0 aliphatic rings. The molecular weight excluding hydrogens is 146 g/mol. The Morgan fingerprint density at radius 2 is 2.45 bits per heavy atom. The average molecular weight is 153 g/mol. The van der Waals surface area contributed by atoms with E-state index in [2.05, 4.69) is 10.3 Å². The van der Waals surface area contributed by atoms with E-state index in [1.54, 1.807) is 0 Å². The summed E-state index contributed by atoms with van der Waals surface area (Å²) in [5.74, 6) is 0.288. The van der Waals surface area contributed by atoms with E-state index in [4.69, 9.17) is 10.8 Å². The molecule has 1 heterocycles. The Kier molecular flexibility index (Phi) is 1.91. The van der Waals surface area contributed by atoms with Gasteiger partial charge in [0.1, 0.15) is 5.82 Å². The van der Waals surface area contributed by atoms with Crippen LogP contribution < -0.4 is 11.1 Å². The van der Waals surface area contributed by atoms with Crippen LogP contribution in [0.1, 0.15) is 0 Å². The molecule has 0 aromatic carbocycles. The number of carbonyl (C=O) groups is 1. The Labute approximate surface area is 62.9 Å². The fourth-order valence-corrected chi connectivity index (χ4v) is 0.650. The molecule has 1 aromatic rings. The van der Waals surface area contributed by atoms with Crippen molar-refractivity contribution in [1.82, 2.24) is 4.98 Å². The van der Waals surface area contributed by atoms with Gasteiger partial charge < -0.3 is 10.8 Å². The van der Waals surface area contributed by atoms with Gasteiger partial charge in [0.05, 0.1) is 0 Å². The van der Waals surface area contributed by atoms with Crippen molar-refractivity contribution >= 4 is 17.6 Å². The topological polar surface area (TPSA) is 88.2 Å². The van der Waals surface area contributed by atoms with Crippen molar-refractivity contribution in [2.45, 2.75) is 0 Å². The Hall–Kier alpha value is -1.78. The van der Waals surface area contributed by atoms with Gasteiger partial charge in [0.25, 0.3) is 0 Å². The van der Waals surface area contributed by atoms with Crippen molar-refractivity contribution < 1.29 is 9.90 Å². The predicted molar refractivity (Wildman–Crippen MR) is 40.3 cm³/mol. The van der Waals surface area contributed by atoms with E-state index < -0.39 is 6.09 Å². The number of rotatable bonds is 1. The largest absolute Gasteiger partial charge is 0.465 e. The second-order valence-corrected chi connectivity index (χ2v) is 1.90. The first-order chi connectivity index (χ1) is 5.18. The minimum absolute atomic E-state index is 0.288. The molecule has 0 radical (unpaired) electrons. The standard InChI is InChI=1S/C6H7N3O2/c7-5-3-4(1-2-8-5)9-6(10)11/h1-3H,(H,10,11)(H3,7,8,9). The molecule has 1 rings (SSSR count). The summed E-state index contributed by atoms with van der Waals surface area (Å²) in [5.41, 5.74) is 5.71. The summed E-state index contributed by atoms with van der Waals surface area (Å²) in [6.07, 6.45) is 0.316. The van der Waals surface area contributed by atoms with Crippen LogP contribution in [0, 0.1) is 0 Å². The molecule has 0 saturated heterocycles. The maximum Gasteiger partial charge on any atom is 0.409 e. The number of nitrogens with zero attached hydrogens (tertiary/aromatic N) is 1. The van der Waals surface area contributed by atoms with E-state index in [1.165, 1.54) is 18.3 Å². The molecule has 5 nitrogen and oxygen atoms in total. The fraction of sp³-hybridized carbons (Fsp3) is 0. The van der Waals surface area contributed by atoms with Crippen molar-refractivity contribution in [3.8, 4) is 0 Å². The highest BCUT2D eigenvalue weighted by molar-refractivity contribution is 5.83. The Morgan fingerprint density at radius 3 is 3.00 bits per heavy atom. The van der Waals surface area contributed by atoms with Crippen LogP contribution in [0.4, 0.5) is 16.3 Å². The van der Waals surface area contributed by atoms with Crippen LogP contribution in [0.5, 0.6) is 0 Å². The number of hydrogen-bond acceptors (Lipinski definition) is 3. The van der Waals surface area contributed by atoms with Gasteiger partial charge in [-0.1, -0.05) is 0 Å². The van der Waals surface area contributed by atoms with Crippen LogP contribution in [0.15, 0.2) is 18.3 Å². The second-order valence-electron chi connectivity index (χ2n) is 1.90. The van der Waals surface area contributed by atoms with Crippen LogP contribution in [0.25, 0.3) is 0 Å². The van der Waals surface area contributed by atoms with E-state index in [1.807, 2.05) is 0 Å². The van der Waals surface area contributed by atoms with Crippen molar-refractivity contribution in [2.75, 3.05) is 11.1 Å². The number of hydrogen-bond donors (Lipinski definition) is 3. The Bertz CT molecular complexity index is 274. The quantitative estimate of drug-likeness (QED) is 0.555. The van der Waals surface area contributed by atoms with Crippen LogP contribution in [-0.2, 0) is 0 Å². The Morgan fingerprint density at radius 1 is 1.73 bits per heavy atom. The summed E-state index contributed by atoms with van der Waals surface area (Å²) >= 11 is 0. The smallest absolute Gasteiger partial charge is 0.409 e. The Balaban J connectivity index is 2.79. The molecule has 0 unspecified atom stereocenters. The van der Waals surface area contributed by atoms with Gasteiger partial charge in [0.15, 0.2) is 0 Å². The number of pyridine rings is 1. The predicted octanol–water partition coefficient (Wildman–Crippen LogP) is 0.754. The highest BCUT2D eigenvalue weighted by atomic mass is 16.4. The highest BCUT2D eigenvalue weighted by Gasteiger charge is 1.96. The van der Waals surface area contributed by atoms with Crippen LogP contribution in [0.2, 0.25) is 0 Å². The average Bonchev–Trinajstić information content (AvgIpc) is 1.85. The van der Waals surface area contributed by atoms with Crippen molar-refractivity contribution in [2.24, 2.45) is 0 Å². The van der Waals surface area contributed by atoms with Gasteiger partial charge in [0, 0.05) is 18.0 Å². The molecule has 58 valence electrons. The van der Waals surface area contributed by atoms with Crippen LogP contribution in [0.3, 0.4) is 0 Å². The molecule has 4 N–H and O–H groups in total. The van der Waals surface area contributed by atoms with E-state index in [0.29, 0.717) is 5.69 Å². The van der Waals surface area contributed by atoms with Crippen molar-refractivity contribution in [3.63, 3.8) is 0 Å². The number of aromatic nitrogens is 1. The van der Waals surface area contributed by atoms with Gasteiger partial charge in [-0.2, -0.15) is 0 Å². The minimum atomic E-state index is -1.12. The molecular formula is C6H7N3O2. The van der Waals surface area contributed by atoms with Gasteiger partial charge in [-0.15, -0.1) is 0 Å². The molecule has 0 spiro atoms. The molecule has 5 heteroatoms. The minimum Gasteiger partial charge on any atom is -0.465 e. The summed E-state index contributed by atoms with van der Waals surface area (Å²) in [7, 11) is 0. The first-order valence-electron chi connectivity index (χ1n) is 2.90. The van der Waals surface area contributed by atoms with Crippen molar-refractivity contribution in [3.05, 3.63) is 18.3 Å². The van der Waals surface area contributed by atoms with Gasteiger partial charge in [0.2, 0.25) is 0 Å². The van der Waals surface area contributed by atoms with E-state index in [-0.39, 0.29) is 5.82 Å². The first kappa shape index (κ1) is 7.33. The van der Waals surface area contributed by atoms with E-state index in [0.717, 1.165) is 0 Å². The lowest BCUT2D eigenvalue weighted by Crippen LogP contribution is -2.07. The fourth-order valence-electron chi connectivity index (χ4n) is 0.650. The zero-order valence-corrected chi connectivity index (χ0v) is 5.61. The number of anilines is 2. The van der Waals surface area contributed by atoms with Gasteiger partial charge in [-0.05, 0) is 6.07 Å². The van der Waals surface area contributed by atoms with Crippen LogP contribution >= 0.6 is 0 Å². The van der Waals surface area contributed by atoms with Gasteiger partial charge >= 0.3 is 6.09 Å². The third-order valence-electron chi connectivity index (χ3n) is 1.03. The molecule has 1 aromatic heterocycles. The van der Waals surface area contributed by atoms with Crippen molar-refractivity contribution in [1.29, 1.82) is 0 Å².